The molecule has 2 heterocycles. The van der Waals surface area contributed by atoms with Crippen molar-refractivity contribution < 1.29 is 35.5 Å². The van der Waals surface area contributed by atoms with E-state index in [0.717, 1.165) is 57.0 Å². The summed E-state index contributed by atoms with van der Waals surface area (Å²) in [6, 6.07) is 15.6. The van der Waals surface area contributed by atoms with Crippen molar-refractivity contribution in [3.8, 4) is 17.1 Å². The van der Waals surface area contributed by atoms with Gasteiger partial charge in [0.1, 0.15) is 37.1 Å². The van der Waals surface area contributed by atoms with Gasteiger partial charge in [-0.1, -0.05) is 65.8 Å². The van der Waals surface area contributed by atoms with Gasteiger partial charge in [-0.3, -0.25) is 0 Å². The first-order valence-corrected chi connectivity index (χ1v) is 19.3. The van der Waals surface area contributed by atoms with Crippen LogP contribution in [0, 0.1) is 5.41 Å². The Morgan fingerprint density at radius 1 is 0.707 bits per heavy atom. The zero-order valence-corrected chi connectivity index (χ0v) is 34.8. The van der Waals surface area contributed by atoms with Gasteiger partial charge in [0.05, 0.1) is 17.2 Å². The molecule has 0 atom stereocenters. The average Bonchev–Trinajstić information content (AvgIpc) is 3.13. The SMILES string of the molecule is CN(C)c1ccc2c(c1)OC(C(C)(C)C)=C/C2=C\C=C1/CCCC(/C=C/c2cc(C(C)(C)C)oc3cc(=[N+](C)C)ccc2-3)=C1c1cc(C(F)(F)F)cc(C(F)(F)F)c1. The first-order valence-electron chi connectivity index (χ1n) is 19.3. The number of allylic oxidation sites excluding steroid dienone is 9. The van der Waals surface area contributed by atoms with Crippen molar-refractivity contribution in [1.82, 2.24) is 4.58 Å². The number of benzene rings is 3. The Kier molecular flexibility index (Phi) is 11.3. The van der Waals surface area contributed by atoms with Gasteiger partial charge in [-0.05, 0) is 101 Å². The minimum Gasteiger partial charge on any atom is -0.460 e. The normalized spacial score (nSPS) is 16.9. The molecule has 306 valence electrons. The maximum Gasteiger partial charge on any atom is 0.416 e. The molecule has 0 N–H and O–H groups in total. The maximum atomic E-state index is 14.3. The summed E-state index contributed by atoms with van der Waals surface area (Å²) in [6.07, 6.45) is 0.959. The highest BCUT2D eigenvalue weighted by Crippen LogP contribution is 2.45. The second-order valence-electron chi connectivity index (χ2n) is 17.5. The number of anilines is 1. The minimum atomic E-state index is -5.00. The molecule has 0 unspecified atom stereocenters. The van der Waals surface area contributed by atoms with Crippen LogP contribution in [0.1, 0.15) is 94.4 Å². The van der Waals surface area contributed by atoms with Gasteiger partial charge in [0, 0.05) is 53.9 Å². The molecule has 0 aromatic heterocycles. The van der Waals surface area contributed by atoms with Gasteiger partial charge in [-0.15, -0.1) is 0 Å². The number of nitrogens with zero attached hydrogens (tertiary/aromatic N) is 2. The molecule has 2 aromatic rings. The Balaban J connectivity index is 1.61. The predicted octanol–water partition coefficient (Wildman–Crippen LogP) is 12.8. The van der Waals surface area contributed by atoms with Crippen molar-refractivity contribution in [2.75, 3.05) is 33.1 Å². The van der Waals surface area contributed by atoms with Crippen molar-refractivity contribution in [3.05, 3.63) is 141 Å². The molecular weight excluding hydrogens is 751 g/mol. The van der Waals surface area contributed by atoms with Crippen LogP contribution < -0.4 is 19.6 Å². The number of ether oxygens (including phenoxy) is 1. The summed E-state index contributed by atoms with van der Waals surface area (Å²) in [5, 5.41) is 0.943. The molecule has 0 saturated heterocycles. The molecule has 58 heavy (non-hydrogen) atoms. The monoisotopic (exact) mass is 801 g/mol. The summed E-state index contributed by atoms with van der Waals surface area (Å²) >= 11 is 0. The van der Waals surface area contributed by atoms with Crippen LogP contribution in [0.3, 0.4) is 0 Å². The maximum absolute atomic E-state index is 14.3. The summed E-state index contributed by atoms with van der Waals surface area (Å²) in [7, 11) is 7.75. The third-order valence-corrected chi connectivity index (χ3v) is 10.4. The number of rotatable bonds is 5. The van der Waals surface area contributed by atoms with E-state index in [2.05, 4.69) is 0 Å². The number of fused-ring (bicyclic) bond motifs is 2. The van der Waals surface area contributed by atoms with Gasteiger partial charge in [-0.25, -0.2) is 4.58 Å². The van der Waals surface area contributed by atoms with Crippen LogP contribution in [-0.2, 0) is 17.8 Å². The molecule has 10 heteroatoms. The van der Waals surface area contributed by atoms with Gasteiger partial charge in [0.15, 0.2) is 0 Å². The summed E-state index contributed by atoms with van der Waals surface area (Å²) < 4.78 is 101. The van der Waals surface area contributed by atoms with E-state index < -0.39 is 23.5 Å². The summed E-state index contributed by atoms with van der Waals surface area (Å²) in [6.45, 7) is 12.2. The molecule has 4 nitrogen and oxygen atoms in total. The second kappa shape index (κ2) is 15.5. The average molecular weight is 802 g/mol. The van der Waals surface area contributed by atoms with Crippen LogP contribution in [0.2, 0.25) is 0 Å². The molecule has 0 bridgehead atoms. The number of hydrogen-bond acceptors (Lipinski definition) is 3. The fraction of sp³-hybridized carbons (Fsp3) is 0.354. The lowest BCUT2D eigenvalue weighted by atomic mass is 9.81. The topological polar surface area (TPSA) is 28.6 Å². The lowest BCUT2D eigenvalue weighted by Gasteiger charge is -2.29. The lowest BCUT2D eigenvalue weighted by molar-refractivity contribution is -0.143. The van der Waals surface area contributed by atoms with E-state index in [9.17, 15) is 26.3 Å². The smallest absolute Gasteiger partial charge is 0.416 e. The van der Waals surface area contributed by atoms with Gasteiger partial charge in [0.25, 0.3) is 0 Å². The highest BCUT2D eigenvalue weighted by molar-refractivity contribution is 5.88. The lowest BCUT2D eigenvalue weighted by Crippen LogP contribution is -2.21. The van der Waals surface area contributed by atoms with Crippen LogP contribution in [0.15, 0.2) is 106 Å². The van der Waals surface area contributed by atoms with Crippen molar-refractivity contribution in [2.24, 2.45) is 5.41 Å². The third kappa shape index (κ3) is 9.22. The van der Waals surface area contributed by atoms with Crippen molar-refractivity contribution >= 4 is 22.9 Å². The summed E-state index contributed by atoms with van der Waals surface area (Å²) in [5.74, 6) is 2.78. The quantitative estimate of drug-likeness (QED) is 0.149. The van der Waals surface area contributed by atoms with Crippen LogP contribution in [-0.4, -0.2) is 28.2 Å². The van der Waals surface area contributed by atoms with Crippen molar-refractivity contribution in [2.45, 2.75) is 78.6 Å². The van der Waals surface area contributed by atoms with E-state index >= 15 is 0 Å². The zero-order chi connectivity index (χ0) is 42.5. The van der Waals surface area contributed by atoms with Crippen LogP contribution in [0.25, 0.3) is 28.5 Å². The Labute approximate surface area is 337 Å². The van der Waals surface area contributed by atoms with Gasteiger partial charge in [0.2, 0.25) is 5.36 Å². The molecule has 2 aliphatic heterocycles. The second-order valence-corrected chi connectivity index (χ2v) is 17.5. The van der Waals surface area contributed by atoms with Crippen molar-refractivity contribution in [1.29, 1.82) is 0 Å². The first kappa shape index (κ1) is 42.4. The number of halogens is 6. The molecule has 6 rings (SSSR count). The van der Waals surface area contributed by atoms with Crippen molar-refractivity contribution in [3.63, 3.8) is 0 Å². The molecule has 0 spiro atoms. The van der Waals surface area contributed by atoms with Gasteiger partial charge < -0.3 is 14.1 Å². The van der Waals surface area contributed by atoms with Crippen LogP contribution in [0.4, 0.5) is 32.0 Å². The van der Waals surface area contributed by atoms with E-state index in [1.54, 1.807) is 0 Å². The molecule has 0 saturated carbocycles. The highest BCUT2D eigenvalue weighted by Gasteiger charge is 2.38. The fourth-order valence-corrected chi connectivity index (χ4v) is 7.08. The standard InChI is InChI=1S/C48H51F6N2O2/c1-45(2,3)42-24-31(38-20-18-36(55(7)8)27-40(38)57-42)16-14-29-12-11-13-30(44(29)33-22-34(47(49,50)51)26-35(23-33)48(52,53)54)15-17-32-25-43(46(4,5)6)58-41-28-37(56(9)10)19-21-39(32)41/h14-28H,11-13H2,1-10H3/q+1. The predicted molar refractivity (Wildman–Crippen MR) is 222 cm³/mol. The Morgan fingerprint density at radius 2 is 1.36 bits per heavy atom. The number of alkyl halides is 6. The summed E-state index contributed by atoms with van der Waals surface area (Å²) in [4.78, 5) is 1.97. The molecular formula is C48H51F6N2O2+. The molecule has 0 radical (unpaired) electrons. The van der Waals surface area contributed by atoms with Crippen LogP contribution in [0.5, 0.6) is 5.75 Å². The Bertz CT molecular complexity index is 2400. The molecule has 0 fully saturated rings. The van der Waals surface area contributed by atoms with E-state index in [1.165, 1.54) is 0 Å². The van der Waals surface area contributed by atoms with Crippen LogP contribution >= 0.6 is 0 Å². The van der Waals surface area contributed by atoms with E-state index in [1.807, 2.05) is 152 Å². The Morgan fingerprint density at radius 3 is 1.95 bits per heavy atom. The minimum absolute atomic E-state index is 0.140. The largest absolute Gasteiger partial charge is 0.460 e. The highest BCUT2D eigenvalue weighted by atomic mass is 19.4. The first-order chi connectivity index (χ1) is 26.9. The van der Waals surface area contributed by atoms with E-state index in [-0.39, 0.29) is 22.5 Å². The molecule has 4 aliphatic rings. The summed E-state index contributed by atoms with van der Waals surface area (Å²) in [5.41, 5.74) is 2.28. The molecule has 0 amide bonds. The zero-order valence-electron chi connectivity index (χ0n) is 34.8. The van der Waals surface area contributed by atoms with Gasteiger partial charge in [-0.2, -0.15) is 26.3 Å². The van der Waals surface area contributed by atoms with E-state index in [4.69, 9.17) is 9.15 Å². The number of hydrogen-bond donors (Lipinski definition) is 0. The molecule has 2 aromatic carbocycles. The fourth-order valence-electron chi connectivity index (χ4n) is 7.08. The molecule has 2 aliphatic carbocycles. The Hall–Kier alpha value is -5.25. The van der Waals surface area contributed by atoms with Gasteiger partial charge >= 0.3 is 12.4 Å². The third-order valence-electron chi connectivity index (χ3n) is 10.4. The van der Waals surface area contributed by atoms with E-state index in [0.29, 0.717) is 47.5 Å².